The number of aromatic nitrogens is 3. The molecule has 1 amide bonds. The molecule has 0 spiro atoms. The van der Waals surface area contributed by atoms with Gasteiger partial charge in [0, 0.05) is 37.3 Å². The highest BCUT2D eigenvalue weighted by Gasteiger charge is 2.45. The van der Waals surface area contributed by atoms with Crippen molar-refractivity contribution in [3.8, 4) is 5.75 Å². The van der Waals surface area contributed by atoms with Crippen molar-refractivity contribution in [2.45, 2.75) is 56.4 Å². The second kappa shape index (κ2) is 9.65. The van der Waals surface area contributed by atoms with Gasteiger partial charge >= 0.3 is 0 Å². The standard InChI is InChI=1S/C28H31FN6O4/c29-21-11-30-22-2-4-24(34-13-18(36)14-34)32-26(22)20(21)7-10-35(28-8-5-19(6-9-28)39-16-28)12-17-1-3-23-27(31-17)33-25(37)15-38-23/h1-4,11,18-19,36H,5-10,12-16H2,(H,31,33,37). The van der Waals surface area contributed by atoms with E-state index in [0.29, 0.717) is 73.5 Å². The Bertz CT molecular complexity index is 1410. The van der Waals surface area contributed by atoms with Crippen LogP contribution in [0.15, 0.2) is 30.5 Å². The van der Waals surface area contributed by atoms with Crippen LogP contribution in [0.1, 0.15) is 36.9 Å². The fourth-order valence-electron chi connectivity index (χ4n) is 6.28. The van der Waals surface area contributed by atoms with E-state index >= 15 is 4.39 Å². The van der Waals surface area contributed by atoms with Crippen molar-refractivity contribution in [1.82, 2.24) is 19.9 Å². The van der Waals surface area contributed by atoms with Crippen molar-refractivity contribution < 1.29 is 23.8 Å². The van der Waals surface area contributed by atoms with Gasteiger partial charge in [0.1, 0.15) is 11.6 Å². The predicted molar refractivity (Wildman–Crippen MR) is 141 cm³/mol. The number of hydrogen-bond acceptors (Lipinski definition) is 9. The van der Waals surface area contributed by atoms with E-state index in [4.69, 9.17) is 19.4 Å². The molecule has 0 atom stereocenters. The summed E-state index contributed by atoms with van der Waals surface area (Å²) in [6.07, 6.45) is 5.74. The quantitative estimate of drug-likeness (QED) is 0.472. The monoisotopic (exact) mass is 534 g/mol. The molecule has 3 aromatic heterocycles. The number of nitrogens with one attached hydrogen (secondary N) is 1. The predicted octanol–water partition coefficient (Wildman–Crippen LogP) is 2.43. The maximum Gasteiger partial charge on any atom is 0.263 e. The summed E-state index contributed by atoms with van der Waals surface area (Å²) in [5, 5.41) is 12.5. The summed E-state index contributed by atoms with van der Waals surface area (Å²) < 4.78 is 26.9. The second-order valence-corrected chi connectivity index (χ2v) is 11.1. The van der Waals surface area contributed by atoms with Gasteiger partial charge in [-0.1, -0.05) is 0 Å². The summed E-state index contributed by atoms with van der Waals surface area (Å²) in [5.74, 6) is 1.12. The van der Waals surface area contributed by atoms with E-state index in [2.05, 4.69) is 15.2 Å². The average Bonchev–Trinajstić information content (AvgIpc) is 2.94. The van der Waals surface area contributed by atoms with Gasteiger partial charge in [0.2, 0.25) is 0 Å². The third kappa shape index (κ3) is 4.58. The Morgan fingerprint density at radius 1 is 1.18 bits per heavy atom. The molecule has 0 radical (unpaired) electrons. The minimum absolute atomic E-state index is 0.0126. The molecule has 3 saturated heterocycles. The highest BCUT2D eigenvalue weighted by Crippen LogP contribution is 2.41. The van der Waals surface area contributed by atoms with Crippen LogP contribution in [0, 0.1) is 5.82 Å². The molecule has 8 rings (SSSR count). The number of carbonyl (C=O) groups is 1. The number of carbonyl (C=O) groups excluding carboxylic acids is 1. The number of amides is 1. The number of nitrogens with zero attached hydrogens (tertiary/aromatic N) is 5. The van der Waals surface area contributed by atoms with Crippen molar-refractivity contribution in [1.29, 1.82) is 0 Å². The highest BCUT2D eigenvalue weighted by molar-refractivity contribution is 5.94. The number of ether oxygens (including phenoxy) is 2. The Labute approximate surface area is 225 Å². The van der Waals surface area contributed by atoms with Crippen LogP contribution in [0.2, 0.25) is 0 Å². The lowest BCUT2D eigenvalue weighted by atomic mass is 9.76. The lowest BCUT2D eigenvalue weighted by Gasteiger charge is -2.52. The van der Waals surface area contributed by atoms with Crippen LogP contribution in [0.25, 0.3) is 11.0 Å². The topological polar surface area (TPSA) is 113 Å². The van der Waals surface area contributed by atoms with Crippen molar-refractivity contribution in [2.75, 3.05) is 43.1 Å². The Kier molecular flexibility index (Phi) is 6.09. The molecular weight excluding hydrogens is 503 g/mol. The summed E-state index contributed by atoms with van der Waals surface area (Å²) >= 11 is 0. The van der Waals surface area contributed by atoms with Gasteiger partial charge in [-0.05, 0) is 56.4 Å². The number of pyridine rings is 3. The fraction of sp³-hybridized carbons (Fsp3) is 0.500. The largest absolute Gasteiger partial charge is 0.480 e. The molecule has 0 unspecified atom stereocenters. The normalized spacial score (nSPS) is 24.4. The first-order valence-electron chi connectivity index (χ1n) is 13.6. The smallest absolute Gasteiger partial charge is 0.263 e. The lowest BCUT2D eigenvalue weighted by molar-refractivity contribution is -0.138. The zero-order chi connectivity index (χ0) is 26.6. The van der Waals surface area contributed by atoms with Crippen LogP contribution in [0.3, 0.4) is 0 Å². The van der Waals surface area contributed by atoms with Crippen LogP contribution in [-0.4, -0.2) is 81.5 Å². The first kappa shape index (κ1) is 24.6. The summed E-state index contributed by atoms with van der Waals surface area (Å²) in [5.41, 5.74) is 2.39. The number of fused-ring (bicyclic) bond motifs is 5. The van der Waals surface area contributed by atoms with Crippen molar-refractivity contribution >= 4 is 28.6 Å². The number of halogens is 1. The van der Waals surface area contributed by atoms with Gasteiger partial charge in [0.25, 0.3) is 5.91 Å². The third-order valence-electron chi connectivity index (χ3n) is 8.58. The first-order valence-corrected chi connectivity index (χ1v) is 13.6. The number of hydrogen-bond donors (Lipinski definition) is 2. The molecular formula is C28H31FN6O4. The van der Waals surface area contributed by atoms with Gasteiger partial charge in [-0.2, -0.15) is 0 Å². The zero-order valence-electron chi connectivity index (χ0n) is 21.6. The van der Waals surface area contributed by atoms with E-state index in [0.717, 1.165) is 37.2 Å². The van der Waals surface area contributed by atoms with Crippen molar-refractivity contribution in [2.24, 2.45) is 0 Å². The number of rotatable bonds is 7. The SMILES string of the molecule is O=C1COc2ccc(CN(CCc3c(F)cnc4ccc(N5CC(O)C5)nc34)C34CCC(CC3)OC4)nc2N1. The van der Waals surface area contributed by atoms with E-state index in [1.165, 1.54) is 6.20 Å². The zero-order valence-corrected chi connectivity index (χ0v) is 21.6. The number of anilines is 2. The maximum atomic E-state index is 15.3. The van der Waals surface area contributed by atoms with Gasteiger partial charge in [-0.15, -0.1) is 0 Å². The number of aliphatic hydroxyl groups is 1. The molecule has 5 aliphatic rings. The molecule has 7 heterocycles. The van der Waals surface area contributed by atoms with Crippen LogP contribution in [0.4, 0.5) is 16.0 Å². The summed E-state index contributed by atoms with van der Waals surface area (Å²) in [7, 11) is 0. The molecule has 4 fully saturated rings. The number of β-amino-alcohol motifs (C(OH)–C–C–N with tert-alkyl or cyclic N) is 1. The minimum atomic E-state index is -0.372. The van der Waals surface area contributed by atoms with E-state index in [9.17, 15) is 9.90 Å². The molecule has 204 valence electrons. The first-order chi connectivity index (χ1) is 19.0. The Morgan fingerprint density at radius 2 is 2.03 bits per heavy atom. The van der Waals surface area contributed by atoms with Crippen LogP contribution < -0.4 is 15.0 Å². The Hall–Kier alpha value is -3.41. The summed E-state index contributed by atoms with van der Waals surface area (Å²) in [6.45, 7) is 2.79. The summed E-state index contributed by atoms with van der Waals surface area (Å²) in [6, 6.07) is 7.50. The molecule has 1 saturated carbocycles. The van der Waals surface area contributed by atoms with Crippen molar-refractivity contribution in [3.63, 3.8) is 0 Å². The van der Waals surface area contributed by atoms with E-state index in [1.807, 2.05) is 29.2 Å². The fourth-order valence-corrected chi connectivity index (χ4v) is 6.28. The Morgan fingerprint density at radius 3 is 2.79 bits per heavy atom. The second-order valence-electron chi connectivity index (χ2n) is 11.1. The highest BCUT2D eigenvalue weighted by atomic mass is 19.1. The molecule has 2 N–H and O–H groups in total. The van der Waals surface area contributed by atoms with E-state index < -0.39 is 0 Å². The van der Waals surface area contributed by atoms with Gasteiger partial charge < -0.3 is 24.8 Å². The van der Waals surface area contributed by atoms with Crippen LogP contribution in [-0.2, 0) is 22.5 Å². The molecule has 0 aromatic carbocycles. The average molecular weight is 535 g/mol. The maximum absolute atomic E-state index is 15.3. The van der Waals surface area contributed by atoms with E-state index in [-0.39, 0.29) is 30.0 Å². The Balaban J connectivity index is 1.19. The summed E-state index contributed by atoms with van der Waals surface area (Å²) in [4.78, 5) is 29.9. The van der Waals surface area contributed by atoms with Gasteiger partial charge in [0.05, 0.1) is 41.7 Å². The van der Waals surface area contributed by atoms with E-state index in [1.54, 1.807) is 0 Å². The van der Waals surface area contributed by atoms with Crippen molar-refractivity contribution in [3.05, 3.63) is 47.5 Å². The van der Waals surface area contributed by atoms with Crippen LogP contribution in [0.5, 0.6) is 5.75 Å². The molecule has 11 heteroatoms. The molecule has 2 bridgehead atoms. The third-order valence-corrected chi connectivity index (χ3v) is 8.58. The number of aliphatic hydroxyl groups excluding tert-OH is 1. The minimum Gasteiger partial charge on any atom is -0.480 e. The molecule has 3 aromatic rings. The molecule has 10 nitrogen and oxygen atoms in total. The van der Waals surface area contributed by atoms with Crippen LogP contribution >= 0.6 is 0 Å². The molecule has 39 heavy (non-hydrogen) atoms. The molecule has 1 aliphatic carbocycles. The van der Waals surface area contributed by atoms with Gasteiger partial charge in [-0.3, -0.25) is 14.7 Å². The lowest BCUT2D eigenvalue weighted by Crippen LogP contribution is -2.59. The van der Waals surface area contributed by atoms with Gasteiger partial charge in [-0.25, -0.2) is 14.4 Å². The molecule has 4 aliphatic heterocycles. The van der Waals surface area contributed by atoms with Gasteiger partial charge in [0.15, 0.2) is 18.2 Å².